The molecule has 2 aliphatic heterocycles. The molecule has 2 heterocycles. The van der Waals surface area contributed by atoms with E-state index in [9.17, 15) is 18.4 Å². The van der Waals surface area contributed by atoms with Crippen molar-refractivity contribution in [2.45, 2.75) is 57.7 Å². The van der Waals surface area contributed by atoms with E-state index in [2.05, 4.69) is 4.90 Å². The van der Waals surface area contributed by atoms with Crippen LogP contribution in [0.25, 0.3) is 11.1 Å². The van der Waals surface area contributed by atoms with Crippen LogP contribution < -0.4 is 10.5 Å². The lowest BCUT2D eigenvalue weighted by Crippen LogP contribution is -2.50. The molecule has 6 nitrogen and oxygen atoms in total. The highest BCUT2D eigenvalue weighted by Crippen LogP contribution is 2.33. The number of hydrogen-bond acceptors (Lipinski definition) is 4. The lowest BCUT2D eigenvalue weighted by molar-refractivity contribution is -0.123. The van der Waals surface area contributed by atoms with E-state index in [1.807, 2.05) is 0 Å². The van der Waals surface area contributed by atoms with Gasteiger partial charge in [-0.1, -0.05) is 12.1 Å². The number of rotatable bonds is 8. The Kier molecular flexibility index (Phi) is 8.65. The monoisotopic (exact) mass is 531 g/mol. The Balaban J connectivity index is 1.46. The van der Waals surface area contributed by atoms with Gasteiger partial charge in [0.05, 0.1) is 12.2 Å². The second-order valence-electron chi connectivity index (χ2n) is 11.0. The highest BCUT2D eigenvalue weighted by atomic mass is 19.1. The van der Waals surface area contributed by atoms with Crippen LogP contribution in [0.2, 0.25) is 0 Å². The molecule has 38 heavy (non-hydrogen) atoms. The van der Waals surface area contributed by atoms with Crippen LogP contribution in [0.1, 0.15) is 56.3 Å². The summed E-state index contributed by atoms with van der Waals surface area (Å²) in [6, 6.07) is 7.56. The summed E-state index contributed by atoms with van der Waals surface area (Å²) in [5.74, 6) is -2.13. The maximum atomic E-state index is 15.3. The Labute approximate surface area is 221 Å². The molecule has 2 N–H and O–H groups in total. The summed E-state index contributed by atoms with van der Waals surface area (Å²) in [5, 5.41) is 0. The number of carbonyl (C=O) groups is 2. The minimum absolute atomic E-state index is 0.0648. The Morgan fingerprint density at radius 1 is 1.00 bits per heavy atom. The van der Waals surface area contributed by atoms with Crippen molar-refractivity contribution in [3.63, 3.8) is 0 Å². The summed E-state index contributed by atoms with van der Waals surface area (Å²) in [6.07, 6.45) is 3.57. The maximum Gasteiger partial charge on any atom is 0.258 e. The number of halogens is 3. The van der Waals surface area contributed by atoms with E-state index >= 15 is 4.39 Å². The molecule has 0 radical (unpaired) electrons. The van der Waals surface area contributed by atoms with Gasteiger partial charge >= 0.3 is 0 Å². The molecule has 1 atom stereocenters. The van der Waals surface area contributed by atoms with Gasteiger partial charge in [-0.3, -0.25) is 9.59 Å². The van der Waals surface area contributed by atoms with Crippen LogP contribution in [0.3, 0.4) is 0 Å². The third-order valence-corrected chi connectivity index (χ3v) is 7.34. The van der Waals surface area contributed by atoms with Crippen LogP contribution in [0.5, 0.6) is 5.75 Å². The molecule has 9 heteroatoms. The van der Waals surface area contributed by atoms with Crippen molar-refractivity contribution in [2.75, 3.05) is 32.8 Å². The van der Waals surface area contributed by atoms with Crippen LogP contribution >= 0.6 is 0 Å². The third-order valence-electron chi connectivity index (χ3n) is 7.34. The van der Waals surface area contributed by atoms with Crippen molar-refractivity contribution >= 4 is 11.8 Å². The molecule has 0 unspecified atom stereocenters. The van der Waals surface area contributed by atoms with Gasteiger partial charge in [-0.05, 0) is 83.2 Å². The Hall–Kier alpha value is -3.07. The first-order chi connectivity index (χ1) is 18.0. The molecular formula is C29H36F3N3O3. The van der Waals surface area contributed by atoms with Gasteiger partial charge in [-0.15, -0.1) is 0 Å². The third kappa shape index (κ3) is 6.67. The zero-order valence-corrected chi connectivity index (χ0v) is 22.0. The lowest BCUT2D eigenvalue weighted by atomic mass is 9.95. The molecule has 0 bridgehead atoms. The largest absolute Gasteiger partial charge is 0.493 e. The van der Waals surface area contributed by atoms with Crippen molar-refractivity contribution in [1.82, 2.24) is 9.80 Å². The molecule has 2 fully saturated rings. The number of benzene rings is 2. The van der Waals surface area contributed by atoms with Crippen molar-refractivity contribution in [3.05, 3.63) is 53.6 Å². The summed E-state index contributed by atoms with van der Waals surface area (Å²) in [7, 11) is 0. The molecular weight excluding hydrogens is 495 g/mol. The van der Waals surface area contributed by atoms with Gasteiger partial charge in [0.15, 0.2) is 0 Å². The van der Waals surface area contributed by atoms with E-state index in [-0.39, 0.29) is 29.2 Å². The number of primary amides is 1. The normalized spacial score (nSPS) is 19.4. The zero-order chi connectivity index (χ0) is 27.4. The number of hydrogen-bond donors (Lipinski definition) is 1. The van der Waals surface area contributed by atoms with Crippen LogP contribution in [0, 0.1) is 17.6 Å². The highest BCUT2D eigenvalue weighted by molar-refractivity contribution is 6.03. The molecule has 2 aliphatic rings. The number of ether oxygens (including phenoxy) is 1. The fourth-order valence-electron chi connectivity index (χ4n) is 5.44. The van der Waals surface area contributed by atoms with Gasteiger partial charge in [0.1, 0.15) is 29.1 Å². The molecule has 2 aromatic carbocycles. The molecule has 0 aliphatic carbocycles. The van der Waals surface area contributed by atoms with E-state index in [4.69, 9.17) is 10.5 Å². The maximum absolute atomic E-state index is 15.3. The summed E-state index contributed by atoms with van der Waals surface area (Å²) in [4.78, 5) is 28.7. The second kappa shape index (κ2) is 11.8. The molecule has 0 spiro atoms. The number of nitrogens with two attached hydrogens (primary N) is 1. The summed E-state index contributed by atoms with van der Waals surface area (Å²) >= 11 is 0. The minimum atomic E-state index is -1.23. The smallest absolute Gasteiger partial charge is 0.258 e. The predicted molar refractivity (Wildman–Crippen MR) is 140 cm³/mol. The van der Waals surface area contributed by atoms with Gasteiger partial charge in [0.25, 0.3) is 5.91 Å². The first-order valence-corrected chi connectivity index (χ1v) is 13.3. The number of carbonyl (C=O) groups excluding carboxylic acids is 2. The molecule has 2 aromatic rings. The van der Waals surface area contributed by atoms with Crippen molar-refractivity contribution < 1.29 is 27.5 Å². The summed E-state index contributed by atoms with van der Waals surface area (Å²) in [5.41, 5.74) is 4.16. The molecule has 0 saturated carbocycles. The van der Waals surface area contributed by atoms with E-state index in [0.717, 1.165) is 38.4 Å². The van der Waals surface area contributed by atoms with E-state index in [1.165, 1.54) is 29.2 Å². The van der Waals surface area contributed by atoms with Crippen molar-refractivity contribution in [1.29, 1.82) is 0 Å². The van der Waals surface area contributed by atoms with Crippen LogP contribution in [-0.2, 0) is 4.79 Å². The summed E-state index contributed by atoms with van der Waals surface area (Å²) in [6.45, 7) is 5.83. The van der Waals surface area contributed by atoms with E-state index in [1.54, 1.807) is 19.9 Å². The Morgan fingerprint density at radius 2 is 1.74 bits per heavy atom. The van der Waals surface area contributed by atoms with Gasteiger partial charge in [0.2, 0.25) is 5.91 Å². The standard InChI is InChI=1S/C29H36F3N3O3/c1-29(2,32)18-34-14-11-19(12-15-34)17-38-20-9-10-21(24(31)16-20)22-6-5-7-23(30)26(22)28(37)35-13-4-3-8-25(35)27(33)36/h5-7,9-10,16,19,25H,3-4,8,11-15,17-18H2,1-2H3,(H2,33,36)/t25-/m0/s1. The van der Waals surface area contributed by atoms with Crippen LogP contribution in [0.15, 0.2) is 36.4 Å². The minimum Gasteiger partial charge on any atom is -0.493 e. The number of alkyl halides is 1. The van der Waals surface area contributed by atoms with Gasteiger partial charge in [-0.2, -0.15) is 0 Å². The summed E-state index contributed by atoms with van der Waals surface area (Å²) < 4.78 is 50.0. The fraction of sp³-hybridized carbons (Fsp3) is 0.517. The number of piperidine rings is 2. The van der Waals surface area contributed by atoms with Crippen LogP contribution in [-0.4, -0.2) is 66.1 Å². The fourth-order valence-corrected chi connectivity index (χ4v) is 5.44. The zero-order valence-electron chi connectivity index (χ0n) is 22.0. The van der Waals surface area contributed by atoms with E-state index < -0.39 is 35.2 Å². The second-order valence-corrected chi connectivity index (χ2v) is 11.0. The number of nitrogens with zero attached hydrogens (tertiary/aromatic N) is 2. The van der Waals surface area contributed by atoms with Crippen molar-refractivity contribution in [2.24, 2.45) is 11.7 Å². The Bertz CT molecular complexity index is 1160. The Morgan fingerprint density at radius 3 is 2.39 bits per heavy atom. The predicted octanol–water partition coefficient (Wildman–Crippen LogP) is 4.95. The molecule has 4 rings (SSSR count). The molecule has 0 aromatic heterocycles. The highest BCUT2D eigenvalue weighted by Gasteiger charge is 2.34. The number of likely N-dealkylation sites (tertiary alicyclic amines) is 2. The van der Waals surface area contributed by atoms with Gasteiger partial charge < -0.3 is 20.3 Å². The SMILES string of the molecule is CC(C)(F)CN1CCC(COc2ccc(-c3cccc(F)c3C(=O)N3CCCC[C@H]3C(N)=O)c(F)c2)CC1. The van der Waals surface area contributed by atoms with Crippen LogP contribution in [0.4, 0.5) is 13.2 Å². The van der Waals surface area contributed by atoms with Gasteiger partial charge in [0, 0.05) is 30.3 Å². The quantitative estimate of drug-likeness (QED) is 0.523. The van der Waals surface area contributed by atoms with Crippen molar-refractivity contribution in [3.8, 4) is 16.9 Å². The first-order valence-electron chi connectivity index (χ1n) is 13.3. The molecule has 2 saturated heterocycles. The first kappa shape index (κ1) is 28.0. The number of amides is 2. The van der Waals surface area contributed by atoms with Gasteiger partial charge in [-0.25, -0.2) is 13.2 Å². The molecule has 2 amide bonds. The lowest BCUT2D eigenvalue weighted by Gasteiger charge is -2.34. The average molecular weight is 532 g/mol. The topological polar surface area (TPSA) is 75.9 Å². The average Bonchev–Trinajstić information content (AvgIpc) is 2.87. The van der Waals surface area contributed by atoms with E-state index in [0.29, 0.717) is 31.7 Å². The molecule has 206 valence electrons.